The summed E-state index contributed by atoms with van der Waals surface area (Å²) in [5.41, 5.74) is 3.36. The SMILES string of the molecule is CCOc1ccc(-c2cc3c(=O)n(CC(=O)Nc4ccc(Br)c(C)c4)ccn3n2)cc1. The van der Waals surface area contributed by atoms with Gasteiger partial charge in [0.25, 0.3) is 5.56 Å². The summed E-state index contributed by atoms with van der Waals surface area (Å²) in [5.74, 6) is 0.503. The molecule has 1 amide bonds. The van der Waals surface area contributed by atoms with Gasteiger partial charge in [0.05, 0.1) is 12.3 Å². The van der Waals surface area contributed by atoms with E-state index in [0.717, 1.165) is 21.3 Å². The second-order valence-corrected chi connectivity index (χ2v) is 7.91. The van der Waals surface area contributed by atoms with Crippen molar-refractivity contribution >= 4 is 33.0 Å². The Hall–Kier alpha value is -3.39. The first kappa shape index (κ1) is 20.9. The number of fused-ring (bicyclic) bond motifs is 1. The Morgan fingerprint density at radius 3 is 2.61 bits per heavy atom. The van der Waals surface area contributed by atoms with Gasteiger partial charge in [-0.15, -0.1) is 0 Å². The fourth-order valence-corrected chi connectivity index (χ4v) is 3.50. The van der Waals surface area contributed by atoms with E-state index in [1.54, 1.807) is 24.5 Å². The van der Waals surface area contributed by atoms with Crippen molar-refractivity contribution in [3.8, 4) is 17.0 Å². The molecule has 1 N–H and O–H groups in total. The number of nitrogens with zero attached hydrogens (tertiary/aromatic N) is 3. The second kappa shape index (κ2) is 8.77. The summed E-state index contributed by atoms with van der Waals surface area (Å²) in [5, 5.41) is 7.31. The molecule has 158 valence electrons. The van der Waals surface area contributed by atoms with E-state index in [9.17, 15) is 9.59 Å². The zero-order valence-corrected chi connectivity index (χ0v) is 18.7. The monoisotopic (exact) mass is 480 g/mol. The number of ether oxygens (including phenoxy) is 1. The van der Waals surface area contributed by atoms with Crippen LogP contribution in [0, 0.1) is 6.92 Å². The Morgan fingerprint density at radius 2 is 1.90 bits per heavy atom. The number of aryl methyl sites for hydroxylation is 1. The van der Waals surface area contributed by atoms with Crippen LogP contribution in [0.1, 0.15) is 12.5 Å². The minimum Gasteiger partial charge on any atom is -0.494 e. The molecule has 8 heteroatoms. The number of carbonyl (C=O) groups excluding carboxylic acids is 1. The lowest BCUT2D eigenvalue weighted by Crippen LogP contribution is -2.28. The molecule has 0 saturated carbocycles. The smallest absolute Gasteiger partial charge is 0.277 e. The summed E-state index contributed by atoms with van der Waals surface area (Å²) in [6, 6.07) is 14.8. The number of anilines is 1. The summed E-state index contributed by atoms with van der Waals surface area (Å²) in [7, 11) is 0. The number of amides is 1. The van der Waals surface area contributed by atoms with Crippen LogP contribution in [0.5, 0.6) is 5.75 Å². The minimum absolute atomic E-state index is 0.0893. The lowest BCUT2D eigenvalue weighted by molar-refractivity contribution is -0.116. The Balaban J connectivity index is 1.55. The van der Waals surface area contributed by atoms with Gasteiger partial charge in [-0.3, -0.25) is 9.59 Å². The van der Waals surface area contributed by atoms with E-state index >= 15 is 0 Å². The van der Waals surface area contributed by atoms with Gasteiger partial charge in [-0.2, -0.15) is 5.10 Å². The fourth-order valence-electron chi connectivity index (χ4n) is 3.26. The molecule has 4 aromatic rings. The molecule has 2 aromatic heterocycles. The topological polar surface area (TPSA) is 77.6 Å². The molecule has 2 heterocycles. The van der Waals surface area contributed by atoms with Crippen molar-refractivity contribution in [1.29, 1.82) is 0 Å². The molecule has 0 saturated heterocycles. The van der Waals surface area contributed by atoms with Crippen molar-refractivity contribution in [2.75, 3.05) is 11.9 Å². The van der Waals surface area contributed by atoms with Crippen LogP contribution in [0.2, 0.25) is 0 Å². The van der Waals surface area contributed by atoms with Crippen LogP contribution >= 0.6 is 15.9 Å². The summed E-state index contributed by atoms with van der Waals surface area (Å²) < 4.78 is 9.34. The number of nitrogens with one attached hydrogen (secondary N) is 1. The van der Waals surface area contributed by atoms with Crippen molar-refractivity contribution in [2.45, 2.75) is 20.4 Å². The van der Waals surface area contributed by atoms with E-state index in [4.69, 9.17) is 4.74 Å². The number of carbonyl (C=O) groups is 1. The van der Waals surface area contributed by atoms with Crippen LogP contribution in [-0.2, 0) is 11.3 Å². The van der Waals surface area contributed by atoms with Gasteiger partial charge in [-0.25, -0.2) is 4.52 Å². The Morgan fingerprint density at radius 1 is 1.13 bits per heavy atom. The minimum atomic E-state index is -0.283. The van der Waals surface area contributed by atoms with E-state index in [0.29, 0.717) is 23.5 Å². The van der Waals surface area contributed by atoms with E-state index in [1.165, 1.54) is 9.08 Å². The molecule has 0 aliphatic heterocycles. The predicted molar refractivity (Wildman–Crippen MR) is 124 cm³/mol. The van der Waals surface area contributed by atoms with Crippen molar-refractivity contribution in [3.63, 3.8) is 0 Å². The Bertz CT molecular complexity index is 1310. The molecule has 0 bridgehead atoms. The van der Waals surface area contributed by atoms with Gasteiger partial charge in [0, 0.05) is 28.1 Å². The molecule has 0 radical (unpaired) electrons. The highest BCUT2D eigenvalue weighted by Gasteiger charge is 2.12. The average Bonchev–Trinajstić information content (AvgIpc) is 3.19. The normalized spacial score (nSPS) is 10.9. The standard InChI is InChI=1S/C23H21BrN4O3/c1-3-31-18-7-4-16(5-8-18)20-13-21-23(30)27(10-11-28(21)26-20)14-22(29)25-17-6-9-19(24)15(2)12-17/h4-13H,3,14H2,1-2H3,(H,25,29). The van der Waals surface area contributed by atoms with E-state index < -0.39 is 0 Å². The third-order valence-electron chi connectivity index (χ3n) is 4.82. The highest BCUT2D eigenvalue weighted by Crippen LogP contribution is 2.22. The maximum Gasteiger partial charge on any atom is 0.277 e. The molecule has 7 nitrogen and oxygen atoms in total. The molecule has 0 atom stereocenters. The first-order valence-electron chi connectivity index (χ1n) is 9.82. The third kappa shape index (κ3) is 4.54. The van der Waals surface area contributed by atoms with Gasteiger partial charge >= 0.3 is 0 Å². The van der Waals surface area contributed by atoms with Crippen LogP contribution < -0.4 is 15.6 Å². The molecular weight excluding hydrogens is 460 g/mol. The molecule has 31 heavy (non-hydrogen) atoms. The van der Waals surface area contributed by atoms with Crippen LogP contribution in [0.15, 0.2) is 70.2 Å². The van der Waals surface area contributed by atoms with Gasteiger partial charge in [-0.1, -0.05) is 15.9 Å². The quantitative estimate of drug-likeness (QED) is 0.446. The lowest BCUT2D eigenvalue weighted by atomic mass is 10.1. The third-order valence-corrected chi connectivity index (χ3v) is 5.71. The van der Waals surface area contributed by atoms with Crippen molar-refractivity contribution in [3.05, 3.63) is 81.3 Å². The molecule has 2 aromatic carbocycles. The largest absolute Gasteiger partial charge is 0.494 e. The number of rotatable bonds is 6. The molecule has 0 aliphatic carbocycles. The van der Waals surface area contributed by atoms with E-state index in [2.05, 4.69) is 26.3 Å². The summed E-state index contributed by atoms with van der Waals surface area (Å²) in [4.78, 5) is 25.4. The maximum absolute atomic E-state index is 12.9. The van der Waals surface area contributed by atoms with Crippen LogP contribution in [0.3, 0.4) is 0 Å². The number of hydrogen-bond acceptors (Lipinski definition) is 4. The van der Waals surface area contributed by atoms with Gasteiger partial charge in [0.2, 0.25) is 5.91 Å². The van der Waals surface area contributed by atoms with Crippen molar-refractivity contribution < 1.29 is 9.53 Å². The predicted octanol–water partition coefficient (Wildman–Crippen LogP) is 4.27. The van der Waals surface area contributed by atoms with E-state index in [-0.39, 0.29) is 18.0 Å². The zero-order valence-electron chi connectivity index (χ0n) is 17.1. The molecule has 4 rings (SSSR count). The fraction of sp³-hybridized carbons (Fsp3) is 0.174. The van der Waals surface area contributed by atoms with Gasteiger partial charge < -0.3 is 14.6 Å². The number of aromatic nitrogens is 3. The Kier molecular flexibility index (Phi) is 5.90. The van der Waals surface area contributed by atoms with E-state index in [1.807, 2.05) is 50.2 Å². The molecule has 0 aliphatic rings. The number of halogens is 1. The zero-order chi connectivity index (χ0) is 22.0. The van der Waals surface area contributed by atoms with Gasteiger partial charge in [-0.05, 0) is 67.9 Å². The Labute approximate surface area is 187 Å². The molecule has 0 spiro atoms. The number of benzene rings is 2. The molecular formula is C23H21BrN4O3. The van der Waals surface area contributed by atoms with Crippen molar-refractivity contribution in [1.82, 2.24) is 14.2 Å². The van der Waals surface area contributed by atoms with Crippen LogP contribution in [0.25, 0.3) is 16.8 Å². The van der Waals surface area contributed by atoms with Crippen LogP contribution in [-0.4, -0.2) is 26.7 Å². The maximum atomic E-state index is 12.9. The highest BCUT2D eigenvalue weighted by atomic mass is 79.9. The average molecular weight is 481 g/mol. The second-order valence-electron chi connectivity index (χ2n) is 7.06. The number of hydrogen-bond donors (Lipinski definition) is 1. The summed E-state index contributed by atoms with van der Waals surface area (Å²) in [6.07, 6.45) is 3.24. The highest BCUT2D eigenvalue weighted by molar-refractivity contribution is 9.10. The first-order chi connectivity index (χ1) is 14.9. The summed E-state index contributed by atoms with van der Waals surface area (Å²) in [6.45, 7) is 4.39. The van der Waals surface area contributed by atoms with Crippen LogP contribution in [0.4, 0.5) is 5.69 Å². The first-order valence-corrected chi connectivity index (χ1v) is 10.6. The van der Waals surface area contributed by atoms with Gasteiger partial charge in [0.1, 0.15) is 17.8 Å². The molecule has 0 unspecified atom stereocenters. The lowest BCUT2D eigenvalue weighted by Gasteiger charge is -2.09. The van der Waals surface area contributed by atoms with Gasteiger partial charge in [0.15, 0.2) is 0 Å². The summed E-state index contributed by atoms with van der Waals surface area (Å²) >= 11 is 3.44. The van der Waals surface area contributed by atoms with Crippen molar-refractivity contribution in [2.24, 2.45) is 0 Å². The molecule has 0 fully saturated rings.